The van der Waals surface area contributed by atoms with Gasteiger partial charge in [0.1, 0.15) is 11.6 Å². The Balaban J connectivity index is 2.90. The average molecular weight is 314 g/mol. The second-order valence-corrected chi connectivity index (χ2v) is 5.07. The van der Waals surface area contributed by atoms with E-state index in [0.717, 1.165) is 12.1 Å². The summed E-state index contributed by atoms with van der Waals surface area (Å²) in [5.74, 6) is -2.61. The van der Waals surface area contributed by atoms with Gasteiger partial charge in [0.05, 0.1) is 12.5 Å². The van der Waals surface area contributed by atoms with Crippen LogP contribution in [0.2, 0.25) is 0 Å². The van der Waals surface area contributed by atoms with Gasteiger partial charge in [-0.2, -0.15) is 0 Å². The van der Waals surface area contributed by atoms with Gasteiger partial charge in [0.25, 0.3) is 0 Å². The molecule has 0 saturated carbocycles. The van der Waals surface area contributed by atoms with Gasteiger partial charge in [0.2, 0.25) is 11.8 Å². The molecule has 0 radical (unpaired) electrons. The molecule has 2 atom stereocenters. The summed E-state index contributed by atoms with van der Waals surface area (Å²) in [6, 6.07) is 1.97. The van der Waals surface area contributed by atoms with E-state index in [1.54, 1.807) is 6.92 Å². The van der Waals surface area contributed by atoms with Gasteiger partial charge in [-0.15, -0.1) is 0 Å². The fourth-order valence-electron chi connectivity index (χ4n) is 2.10. The Morgan fingerprint density at radius 1 is 1.23 bits per heavy atom. The molecule has 122 valence electrons. The lowest BCUT2D eigenvalue weighted by molar-refractivity contribution is -0.123. The first-order valence-corrected chi connectivity index (χ1v) is 6.96. The van der Waals surface area contributed by atoms with Crippen LogP contribution in [0, 0.1) is 11.6 Å². The monoisotopic (exact) mass is 314 g/mol. The molecule has 0 aromatic heterocycles. The Hall–Kier alpha value is -2.02. The minimum atomic E-state index is -1.10. The number of carbonyl (C=O) groups excluding carboxylic acids is 2. The molecule has 0 heterocycles. The summed E-state index contributed by atoms with van der Waals surface area (Å²) in [4.78, 5) is 23.2. The Morgan fingerprint density at radius 3 is 2.32 bits per heavy atom. The first-order valence-electron chi connectivity index (χ1n) is 6.96. The summed E-state index contributed by atoms with van der Waals surface area (Å²) >= 11 is 0. The maximum absolute atomic E-state index is 13.8. The second kappa shape index (κ2) is 8.43. The minimum absolute atomic E-state index is 0.0848. The van der Waals surface area contributed by atoms with Gasteiger partial charge < -0.3 is 15.7 Å². The van der Waals surface area contributed by atoms with Crippen LogP contribution >= 0.6 is 0 Å². The number of nitrogens with one attached hydrogen (secondary N) is 2. The minimum Gasteiger partial charge on any atom is -0.396 e. The molecule has 0 bridgehead atoms. The fourth-order valence-corrected chi connectivity index (χ4v) is 2.10. The van der Waals surface area contributed by atoms with E-state index in [4.69, 9.17) is 5.11 Å². The van der Waals surface area contributed by atoms with Crippen LogP contribution in [0.5, 0.6) is 0 Å². The number of aliphatic hydroxyl groups is 1. The molecule has 2 amide bonds. The molecule has 1 rings (SSSR count). The number of halogens is 2. The van der Waals surface area contributed by atoms with E-state index in [9.17, 15) is 18.4 Å². The SMILES string of the molecule is CC(=O)NC(CC(=O)NC(C)CCO)c1c(F)cccc1F. The molecule has 1 aromatic rings. The lowest BCUT2D eigenvalue weighted by atomic mass is 10.0. The number of benzene rings is 1. The van der Waals surface area contributed by atoms with Crippen LogP contribution in [0.3, 0.4) is 0 Å². The van der Waals surface area contributed by atoms with E-state index >= 15 is 0 Å². The normalized spacial score (nSPS) is 13.3. The van der Waals surface area contributed by atoms with E-state index in [1.165, 1.54) is 13.0 Å². The Labute approximate surface area is 127 Å². The summed E-state index contributed by atoms with van der Waals surface area (Å²) in [5.41, 5.74) is -0.345. The smallest absolute Gasteiger partial charge is 0.222 e. The zero-order valence-corrected chi connectivity index (χ0v) is 12.5. The number of hydrogen-bond acceptors (Lipinski definition) is 3. The molecule has 0 spiro atoms. The van der Waals surface area contributed by atoms with Crippen LogP contribution in [0.15, 0.2) is 18.2 Å². The standard InChI is InChI=1S/C15H20F2N2O3/c1-9(6-7-20)18-14(22)8-13(19-10(2)21)15-11(16)4-3-5-12(15)17/h3-5,9,13,20H,6-8H2,1-2H3,(H,18,22)(H,19,21). The van der Waals surface area contributed by atoms with Gasteiger partial charge in [0, 0.05) is 25.1 Å². The molecule has 22 heavy (non-hydrogen) atoms. The molecule has 3 N–H and O–H groups in total. The third kappa shape index (κ3) is 5.40. The molecular weight excluding hydrogens is 294 g/mol. The topological polar surface area (TPSA) is 78.4 Å². The number of rotatable bonds is 7. The highest BCUT2D eigenvalue weighted by Crippen LogP contribution is 2.23. The molecular formula is C15H20F2N2O3. The third-order valence-electron chi connectivity index (χ3n) is 3.08. The van der Waals surface area contributed by atoms with Crippen molar-refractivity contribution in [2.45, 2.75) is 38.8 Å². The molecule has 0 saturated heterocycles. The largest absolute Gasteiger partial charge is 0.396 e. The average Bonchev–Trinajstić information content (AvgIpc) is 2.37. The molecule has 0 aliphatic heterocycles. The van der Waals surface area contributed by atoms with Crippen molar-refractivity contribution in [3.05, 3.63) is 35.4 Å². The molecule has 0 fully saturated rings. The van der Waals surface area contributed by atoms with Crippen LogP contribution in [-0.4, -0.2) is 29.6 Å². The van der Waals surface area contributed by atoms with Gasteiger partial charge in [0.15, 0.2) is 0 Å². The van der Waals surface area contributed by atoms with E-state index in [0.29, 0.717) is 6.42 Å². The van der Waals surface area contributed by atoms with E-state index in [-0.39, 0.29) is 24.6 Å². The Kier molecular flexibility index (Phi) is 6.91. The molecule has 7 heteroatoms. The van der Waals surface area contributed by atoms with Crippen molar-refractivity contribution in [3.63, 3.8) is 0 Å². The Morgan fingerprint density at radius 2 is 1.82 bits per heavy atom. The summed E-state index contributed by atoms with van der Waals surface area (Å²) in [6.07, 6.45) is 0.0673. The van der Waals surface area contributed by atoms with E-state index in [1.807, 2.05) is 0 Å². The second-order valence-electron chi connectivity index (χ2n) is 5.07. The number of aliphatic hydroxyl groups excluding tert-OH is 1. The first kappa shape index (κ1) is 18.0. The van der Waals surface area contributed by atoms with Crippen LogP contribution in [0.4, 0.5) is 8.78 Å². The van der Waals surface area contributed by atoms with Gasteiger partial charge in [-0.25, -0.2) is 8.78 Å². The zero-order valence-electron chi connectivity index (χ0n) is 12.5. The van der Waals surface area contributed by atoms with Crippen molar-refractivity contribution in [3.8, 4) is 0 Å². The zero-order chi connectivity index (χ0) is 16.7. The predicted molar refractivity (Wildman–Crippen MR) is 76.8 cm³/mol. The van der Waals surface area contributed by atoms with E-state index < -0.39 is 29.5 Å². The van der Waals surface area contributed by atoms with Gasteiger partial charge in [-0.3, -0.25) is 9.59 Å². The quantitative estimate of drug-likeness (QED) is 0.712. The summed E-state index contributed by atoms with van der Waals surface area (Å²) in [7, 11) is 0. The van der Waals surface area contributed by atoms with Crippen LogP contribution in [0.1, 0.15) is 38.3 Å². The molecule has 0 aliphatic carbocycles. The number of hydrogen-bond donors (Lipinski definition) is 3. The van der Waals surface area contributed by atoms with Gasteiger partial charge in [-0.1, -0.05) is 6.07 Å². The van der Waals surface area contributed by atoms with Crippen LogP contribution < -0.4 is 10.6 Å². The molecule has 2 unspecified atom stereocenters. The fraction of sp³-hybridized carbons (Fsp3) is 0.467. The van der Waals surface area contributed by atoms with Crippen molar-refractivity contribution in [1.82, 2.24) is 10.6 Å². The molecule has 1 aromatic carbocycles. The number of carbonyl (C=O) groups is 2. The van der Waals surface area contributed by atoms with Crippen molar-refractivity contribution in [2.75, 3.05) is 6.61 Å². The molecule has 0 aliphatic rings. The highest BCUT2D eigenvalue weighted by molar-refractivity contribution is 5.79. The van der Waals surface area contributed by atoms with Crippen molar-refractivity contribution in [1.29, 1.82) is 0 Å². The van der Waals surface area contributed by atoms with Crippen LogP contribution in [-0.2, 0) is 9.59 Å². The van der Waals surface area contributed by atoms with Crippen LogP contribution in [0.25, 0.3) is 0 Å². The molecule has 5 nitrogen and oxygen atoms in total. The van der Waals surface area contributed by atoms with Crippen molar-refractivity contribution in [2.24, 2.45) is 0 Å². The first-order chi connectivity index (χ1) is 10.3. The summed E-state index contributed by atoms with van der Waals surface area (Å²) in [6.45, 7) is 2.82. The highest BCUT2D eigenvalue weighted by Gasteiger charge is 2.24. The Bertz CT molecular complexity index is 517. The predicted octanol–water partition coefficient (Wildman–Crippen LogP) is 1.42. The highest BCUT2D eigenvalue weighted by atomic mass is 19.1. The maximum atomic E-state index is 13.8. The van der Waals surface area contributed by atoms with Crippen molar-refractivity contribution < 1.29 is 23.5 Å². The third-order valence-corrected chi connectivity index (χ3v) is 3.08. The summed E-state index contributed by atoms with van der Waals surface area (Å²) in [5, 5.41) is 13.8. The lowest BCUT2D eigenvalue weighted by Gasteiger charge is -2.20. The van der Waals surface area contributed by atoms with Crippen molar-refractivity contribution >= 4 is 11.8 Å². The van der Waals surface area contributed by atoms with Gasteiger partial charge >= 0.3 is 0 Å². The van der Waals surface area contributed by atoms with Gasteiger partial charge in [-0.05, 0) is 25.5 Å². The lowest BCUT2D eigenvalue weighted by Crippen LogP contribution is -2.37. The van der Waals surface area contributed by atoms with E-state index in [2.05, 4.69) is 10.6 Å². The number of amides is 2. The maximum Gasteiger partial charge on any atom is 0.222 e. The summed E-state index contributed by atoms with van der Waals surface area (Å²) < 4.78 is 27.7.